The summed E-state index contributed by atoms with van der Waals surface area (Å²) < 4.78 is 5.34. The number of rotatable bonds is 6. The van der Waals surface area contributed by atoms with E-state index in [1.807, 2.05) is 24.3 Å². The normalized spacial score (nSPS) is 22.2. The standard InChI is InChI=1S/C17H24N2O/c1-2-15-7-3-4-9-17(15)19-13-14-6-5-8-16(12-14)20-11-10-18/h5-6,8,12,15,17,19H,2-4,7,9,11,13H2,1H3. The van der Waals surface area contributed by atoms with Crippen LogP contribution in [-0.4, -0.2) is 12.6 Å². The highest BCUT2D eigenvalue weighted by Crippen LogP contribution is 2.27. The zero-order valence-electron chi connectivity index (χ0n) is 12.3. The molecule has 0 radical (unpaired) electrons. The van der Waals surface area contributed by atoms with Gasteiger partial charge in [-0.2, -0.15) is 5.26 Å². The number of hydrogen-bond acceptors (Lipinski definition) is 3. The molecule has 0 aromatic heterocycles. The summed E-state index contributed by atoms with van der Waals surface area (Å²) in [6.07, 6.45) is 6.65. The topological polar surface area (TPSA) is 45.0 Å². The van der Waals surface area contributed by atoms with E-state index in [0.717, 1.165) is 18.2 Å². The predicted molar refractivity (Wildman–Crippen MR) is 80.4 cm³/mol. The molecule has 1 aromatic carbocycles. The molecule has 1 N–H and O–H groups in total. The van der Waals surface area contributed by atoms with Gasteiger partial charge in [0.15, 0.2) is 6.61 Å². The summed E-state index contributed by atoms with van der Waals surface area (Å²) in [5.74, 6) is 1.60. The molecule has 1 aliphatic carbocycles. The molecule has 0 saturated heterocycles. The third-order valence-electron chi connectivity index (χ3n) is 4.20. The SMILES string of the molecule is CCC1CCCCC1NCc1cccc(OCC#N)c1. The molecule has 3 nitrogen and oxygen atoms in total. The molecule has 0 heterocycles. The minimum atomic E-state index is 0.109. The monoisotopic (exact) mass is 272 g/mol. The number of nitrogens with zero attached hydrogens (tertiary/aromatic N) is 1. The first-order chi connectivity index (χ1) is 9.83. The molecule has 0 bridgehead atoms. The van der Waals surface area contributed by atoms with E-state index in [-0.39, 0.29) is 6.61 Å². The van der Waals surface area contributed by atoms with E-state index >= 15 is 0 Å². The minimum Gasteiger partial charge on any atom is -0.479 e. The van der Waals surface area contributed by atoms with Gasteiger partial charge in [-0.3, -0.25) is 0 Å². The van der Waals surface area contributed by atoms with Gasteiger partial charge in [0, 0.05) is 12.6 Å². The van der Waals surface area contributed by atoms with Crippen LogP contribution in [-0.2, 0) is 6.54 Å². The van der Waals surface area contributed by atoms with Gasteiger partial charge < -0.3 is 10.1 Å². The number of nitrogens with one attached hydrogen (secondary N) is 1. The van der Waals surface area contributed by atoms with Gasteiger partial charge in [0.25, 0.3) is 0 Å². The van der Waals surface area contributed by atoms with Crippen LogP contribution in [0.3, 0.4) is 0 Å². The minimum absolute atomic E-state index is 0.109. The van der Waals surface area contributed by atoms with Crippen molar-refractivity contribution in [2.24, 2.45) is 5.92 Å². The van der Waals surface area contributed by atoms with Gasteiger partial charge in [-0.05, 0) is 36.5 Å². The third kappa shape index (κ3) is 4.25. The van der Waals surface area contributed by atoms with Crippen molar-refractivity contribution in [2.75, 3.05) is 6.61 Å². The zero-order chi connectivity index (χ0) is 14.2. The Morgan fingerprint density at radius 2 is 2.20 bits per heavy atom. The first-order valence-corrected chi connectivity index (χ1v) is 7.65. The summed E-state index contributed by atoms with van der Waals surface area (Å²) in [6, 6.07) is 10.7. The fourth-order valence-electron chi connectivity index (χ4n) is 3.07. The molecular formula is C17H24N2O. The number of nitriles is 1. The van der Waals surface area contributed by atoms with Crippen LogP contribution in [0, 0.1) is 17.2 Å². The van der Waals surface area contributed by atoms with Crippen molar-refractivity contribution in [3.8, 4) is 11.8 Å². The van der Waals surface area contributed by atoms with Gasteiger partial charge >= 0.3 is 0 Å². The lowest BCUT2D eigenvalue weighted by Gasteiger charge is -2.31. The maximum atomic E-state index is 8.54. The quantitative estimate of drug-likeness (QED) is 0.859. The number of hydrogen-bond donors (Lipinski definition) is 1. The lowest BCUT2D eigenvalue weighted by Crippen LogP contribution is -2.37. The molecule has 0 amide bonds. The second-order valence-electron chi connectivity index (χ2n) is 5.53. The summed E-state index contributed by atoms with van der Waals surface area (Å²) in [6.45, 7) is 3.28. The van der Waals surface area contributed by atoms with Gasteiger partial charge in [0.2, 0.25) is 0 Å². The Morgan fingerprint density at radius 1 is 1.35 bits per heavy atom. The van der Waals surface area contributed by atoms with Crippen LogP contribution in [0.5, 0.6) is 5.75 Å². The Hall–Kier alpha value is -1.53. The van der Waals surface area contributed by atoms with Crippen LogP contribution in [0.2, 0.25) is 0 Å². The van der Waals surface area contributed by atoms with Crippen LogP contribution >= 0.6 is 0 Å². The van der Waals surface area contributed by atoms with Crippen molar-refractivity contribution < 1.29 is 4.74 Å². The maximum absolute atomic E-state index is 8.54. The van der Waals surface area contributed by atoms with E-state index in [9.17, 15) is 0 Å². The smallest absolute Gasteiger partial charge is 0.174 e. The van der Waals surface area contributed by atoms with E-state index in [1.54, 1.807) is 0 Å². The maximum Gasteiger partial charge on any atom is 0.174 e. The molecule has 0 spiro atoms. The van der Waals surface area contributed by atoms with E-state index in [1.165, 1.54) is 37.7 Å². The Bertz CT molecular complexity index is 453. The molecule has 1 saturated carbocycles. The van der Waals surface area contributed by atoms with Crippen molar-refractivity contribution in [3.05, 3.63) is 29.8 Å². The van der Waals surface area contributed by atoms with Crippen LogP contribution in [0.1, 0.15) is 44.6 Å². The molecule has 108 valence electrons. The molecule has 1 fully saturated rings. The van der Waals surface area contributed by atoms with Crippen LogP contribution in [0.25, 0.3) is 0 Å². The van der Waals surface area contributed by atoms with E-state index < -0.39 is 0 Å². The molecule has 20 heavy (non-hydrogen) atoms. The largest absolute Gasteiger partial charge is 0.479 e. The predicted octanol–water partition coefficient (Wildman–Crippen LogP) is 3.65. The summed E-state index contributed by atoms with van der Waals surface area (Å²) in [7, 11) is 0. The Balaban J connectivity index is 1.88. The van der Waals surface area contributed by atoms with E-state index in [2.05, 4.69) is 18.3 Å². The van der Waals surface area contributed by atoms with Gasteiger partial charge in [-0.15, -0.1) is 0 Å². The van der Waals surface area contributed by atoms with Crippen molar-refractivity contribution in [3.63, 3.8) is 0 Å². The van der Waals surface area contributed by atoms with Crippen molar-refractivity contribution in [2.45, 2.75) is 51.6 Å². The van der Waals surface area contributed by atoms with Crippen molar-refractivity contribution >= 4 is 0 Å². The average molecular weight is 272 g/mol. The first-order valence-electron chi connectivity index (χ1n) is 7.65. The lowest BCUT2D eigenvalue weighted by molar-refractivity contribution is 0.254. The van der Waals surface area contributed by atoms with Crippen LogP contribution < -0.4 is 10.1 Å². The molecule has 2 unspecified atom stereocenters. The molecule has 1 aliphatic rings. The lowest BCUT2D eigenvalue weighted by atomic mass is 9.83. The zero-order valence-corrected chi connectivity index (χ0v) is 12.3. The second-order valence-corrected chi connectivity index (χ2v) is 5.53. The fraction of sp³-hybridized carbons (Fsp3) is 0.588. The summed E-state index contributed by atoms with van der Waals surface area (Å²) in [5, 5.41) is 12.2. The van der Waals surface area contributed by atoms with Crippen LogP contribution in [0.15, 0.2) is 24.3 Å². The highest BCUT2D eigenvalue weighted by atomic mass is 16.5. The summed E-state index contributed by atoms with van der Waals surface area (Å²) in [5.41, 5.74) is 1.22. The summed E-state index contributed by atoms with van der Waals surface area (Å²) >= 11 is 0. The van der Waals surface area contributed by atoms with Crippen molar-refractivity contribution in [1.82, 2.24) is 5.32 Å². The van der Waals surface area contributed by atoms with Gasteiger partial charge in [-0.1, -0.05) is 38.3 Å². The molecule has 2 rings (SSSR count). The van der Waals surface area contributed by atoms with Gasteiger partial charge in [0.05, 0.1) is 0 Å². The van der Waals surface area contributed by atoms with Gasteiger partial charge in [0.1, 0.15) is 11.8 Å². The second kappa shape index (κ2) is 7.91. The Labute approximate surface area is 121 Å². The van der Waals surface area contributed by atoms with Crippen LogP contribution in [0.4, 0.5) is 0 Å². The molecule has 1 aromatic rings. The Morgan fingerprint density at radius 3 is 3.00 bits per heavy atom. The molecule has 0 aliphatic heterocycles. The fourth-order valence-corrected chi connectivity index (χ4v) is 3.07. The molecule has 2 atom stereocenters. The molecule has 3 heteroatoms. The Kier molecular flexibility index (Phi) is 5.88. The van der Waals surface area contributed by atoms with E-state index in [4.69, 9.17) is 10.00 Å². The highest BCUT2D eigenvalue weighted by molar-refractivity contribution is 5.28. The van der Waals surface area contributed by atoms with Gasteiger partial charge in [-0.25, -0.2) is 0 Å². The van der Waals surface area contributed by atoms with Crippen molar-refractivity contribution in [1.29, 1.82) is 5.26 Å². The third-order valence-corrected chi connectivity index (χ3v) is 4.20. The van der Waals surface area contributed by atoms with E-state index in [0.29, 0.717) is 6.04 Å². The summed E-state index contributed by atoms with van der Waals surface area (Å²) in [4.78, 5) is 0. The average Bonchev–Trinajstić information content (AvgIpc) is 2.51. The first kappa shape index (κ1) is 14.9. The number of ether oxygens (including phenoxy) is 1. The molecular weight excluding hydrogens is 248 g/mol. The number of benzene rings is 1. The highest BCUT2D eigenvalue weighted by Gasteiger charge is 2.22.